The summed E-state index contributed by atoms with van der Waals surface area (Å²) in [5, 5.41) is 3.09. The number of aromatic nitrogens is 2. The van der Waals surface area contributed by atoms with E-state index in [1.54, 1.807) is 0 Å². The van der Waals surface area contributed by atoms with E-state index in [2.05, 4.69) is 46.1 Å². The van der Waals surface area contributed by atoms with Crippen LogP contribution in [0.4, 0.5) is 5.82 Å². The number of aryl methyl sites for hydroxylation is 1. The second-order valence-electron chi connectivity index (χ2n) is 8.35. The Morgan fingerprint density at radius 3 is 2.64 bits per heavy atom. The zero-order valence-corrected chi connectivity index (χ0v) is 17.7. The van der Waals surface area contributed by atoms with Gasteiger partial charge < -0.3 is 10.2 Å². The Labute approximate surface area is 169 Å². The Morgan fingerprint density at radius 1 is 1.18 bits per heavy atom. The summed E-state index contributed by atoms with van der Waals surface area (Å²) >= 11 is 0. The summed E-state index contributed by atoms with van der Waals surface area (Å²) in [6.45, 7) is 11.1. The lowest BCUT2D eigenvalue weighted by molar-refractivity contribution is -0.122. The minimum Gasteiger partial charge on any atom is -0.355 e. The highest BCUT2D eigenvalue weighted by molar-refractivity contribution is 5.78. The maximum absolute atomic E-state index is 12.3. The van der Waals surface area contributed by atoms with Crippen LogP contribution in [0, 0.1) is 6.92 Å². The summed E-state index contributed by atoms with van der Waals surface area (Å²) in [5.74, 6) is 2.39. The van der Waals surface area contributed by atoms with Crippen LogP contribution in [0.5, 0.6) is 0 Å². The molecule has 1 N–H and O–H groups in total. The van der Waals surface area contributed by atoms with Crippen molar-refractivity contribution in [3.8, 4) is 0 Å². The molecule has 1 aliphatic carbocycles. The summed E-state index contributed by atoms with van der Waals surface area (Å²) in [7, 11) is 0. The molecule has 0 radical (unpaired) electrons. The molecule has 6 nitrogen and oxygen atoms in total. The van der Waals surface area contributed by atoms with Gasteiger partial charge in [-0.05, 0) is 39.0 Å². The van der Waals surface area contributed by atoms with Crippen LogP contribution >= 0.6 is 0 Å². The molecule has 1 fully saturated rings. The molecule has 2 aliphatic rings. The van der Waals surface area contributed by atoms with Gasteiger partial charge in [0.1, 0.15) is 11.6 Å². The van der Waals surface area contributed by atoms with Gasteiger partial charge in [-0.3, -0.25) is 9.69 Å². The second-order valence-corrected chi connectivity index (χ2v) is 8.35. The fourth-order valence-corrected chi connectivity index (χ4v) is 3.88. The Morgan fingerprint density at radius 2 is 1.96 bits per heavy atom. The zero-order valence-electron chi connectivity index (χ0n) is 17.7. The SMILES string of the molecule is Cc1cc(N2CCN(CC(=O)NCCC3=CCCCC3)CC2)nc(C(C)C)n1. The molecule has 0 atom stereocenters. The molecule has 2 heterocycles. The Balaban J connectivity index is 1.41. The molecule has 0 bridgehead atoms. The third-order valence-electron chi connectivity index (χ3n) is 5.59. The van der Waals surface area contributed by atoms with Gasteiger partial charge in [0.25, 0.3) is 0 Å². The van der Waals surface area contributed by atoms with Crippen molar-refractivity contribution >= 4 is 11.7 Å². The lowest BCUT2D eigenvalue weighted by Crippen LogP contribution is -2.49. The molecule has 6 heteroatoms. The molecule has 3 rings (SSSR count). The van der Waals surface area contributed by atoms with Crippen molar-refractivity contribution in [3.05, 3.63) is 29.2 Å². The molecule has 28 heavy (non-hydrogen) atoms. The van der Waals surface area contributed by atoms with Gasteiger partial charge in [-0.25, -0.2) is 9.97 Å². The normalized spacial score (nSPS) is 18.3. The molecule has 1 aliphatic heterocycles. The average molecular weight is 386 g/mol. The smallest absolute Gasteiger partial charge is 0.234 e. The second kappa shape index (κ2) is 10.0. The highest BCUT2D eigenvalue weighted by atomic mass is 16.2. The molecule has 1 aromatic rings. The van der Waals surface area contributed by atoms with Crippen molar-refractivity contribution in [3.63, 3.8) is 0 Å². The van der Waals surface area contributed by atoms with Crippen molar-refractivity contribution < 1.29 is 4.79 Å². The number of rotatable bonds is 7. The van der Waals surface area contributed by atoms with Crippen LogP contribution in [0.25, 0.3) is 0 Å². The van der Waals surface area contributed by atoms with Crippen LogP contribution in [0.3, 0.4) is 0 Å². The standard InChI is InChI=1S/C22H35N5O/c1-17(2)22-24-18(3)15-20(25-22)27-13-11-26(12-14-27)16-21(28)23-10-9-19-7-5-4-6-8-19/h7,15,17H,4-6,8-14,16H2,1-3H3,(H,23,28). The minimum atomic E-state index is 0.143. The molecule has 0 saturated carbocycles. The van der Waals surface area contributed by atoms with Crippen LogP contribution in [-0.2, 0) is 4.79 Å². The topological polar surface area (TPSA) is 61.4 Å². The van der Waals surface area contributed by atoms with E-state index in [1.807, 2.05) is 6.92 Å². The van der Waals surface area contributed by atoms with Crippen LogP contribution in [-0.4, -0.2) is 60.0 Å². The van der Waals surface area contributed by atoms with E-state index in [0.717, 1.165) is 56.5 Å². The first-order valence-corrected chi connectivity index (χ1v) is 10.8. The number of carbonyl (C=O) groups excluding carboxylic acids is 1. The number of carbonyl (C=O) groups is 1. The van der Waals surface area contributed by atoms with E-state index in [4.69, 9.17) is 4.98 Å². The summed E-state index contributed by atoms with van der Waals surface area (Å²) in [4.78, 5) is 26.1. The number of hydrogen-bond donors (Lipinski definition) is 1. The van der Waals surface area contributed by atoms with Gasteiger partial charge in [0.2, 0.25) is 5.91 Å². The first-order chi connectivity index (χ1) is 13.5. The number of allylic oxidation sites excluding steroid dienone is 1. The molecule has 0 unspecified atom stereocenters. The van der Waals surface area contributed by atoms with E-state index in [1.165, 1.54) is 31.3 Å². The molecular weight excluding hydrogens is 350 g/mol. The highest BCUT2D eigenvalue weighted by Gasteiger charge is 2.21. The van der Waals surface area contributed by atoms with Crippen molar-refractivity contribution in [2.75, 3.05) is 44.2 Å². The monoisotopic (exact) mass is 385 g/mol. The van der Waals surface area contributed by atoms with Crippen molar-refractivity contribution in [1.29, 1.82) is 0 Å². The minimum absolute atomic E-state index is 0.143. The van der Waals surface area contributed by atoms with Crippen LogP contribution < -0.4 is 10.2 Å². The van der Waals surface area contributed by atoms with Gasteiger partial charge in [0.05, 0.1) is 6.54 Å². The van der Waals surface area contributed by atoms with E-state index >= 15 is 0 Å². The van der Waals surface area contributed by atoms with Gasteiger partial charge in [-0.1, -0.05) is 25.5 Å². The molecular formula is C22H35N5O. The Kier molecular flexibility index (Phi) is 7.43. The summed E-state index contributed by atoms with van der Waals surface area (Å²) < 4.78 is 0. The third kappa shape index (κ3) is 6.03. The first-order valence-electron chi connectivity index (χ1n) is 10.8. The van der Waals surface area contributed by atoms with Crippen molar-refractivity contribution in [2.24, 2.45) is 0 Å². The van der Waals surface area contributed by atoms with Crippen molar-refractivity contribution in [2.45, 2.75) is 58.8 Å². The Bertz CT molecular complexity index is 692. The van der Waals surface area contributed by atoms with Gasteiger partial charge >= 0.3 is 0 Å². The van der Waals surface area contributed by atoms with Crippen molar-refractivity contribution in [1.82, 2.24) is 20.2 Å². The summed E-state index contributed by atoms with van der Waals surface area (Å²) in [6, 6.07) is 2.06. The lowest BCUT2D eigenvalue weighted by atomic mass is 9.97. The molecule has 154 valence electrons. The molecule has 1 aromatic heterocycles. The number of anilines is 1. The Hall–Kier alpha value is -1.95. The zero-order chi connectivity index (χ0) is 19.9. The molecule has 1 saturated heterocycles. The predicted octanol–water partition coefficient (Wildman–Crippen LogP) is 3.04. The number of amides is 1. The maximum Gasteiger partial charge on any atom is 0.234 e. The largest absolute Gasteiger partial charge is 0.355 e. The number of piperazine rings is 1. The fourth-order valence-electron chi connectivity index (χ4n) is 3.88. The fraction of sp³-hybridized carbons (Fsp3) is 0.682. The van der Waals surface area contributed by atoms with Crippen LogP contribution in [0.2, 0.25) is 0 Å². The van der Waals surface area contributed by atoms with E-state index in [0.29, 0.717) is 12.5 Å². The number of hydrogen-bond acceptors (Lipinski definition) is 5. The first kappa shape index (κ1) is 20.8. The number of nitrogens with zero attached hydrogens (tertiary/aromatic N) is 4. The van der Waals surface area contributed by atoms with Gasteiger partial charge in [0.15, 0.2) is 0 Å². The lowest BCUT2D eigenvalue weighted by Gasteiger charge is -2.35. The molecule has 1 amide bonds. The number of nitrogens with one attached hydrogen (secondary N) is 1. The average Bonchev–Trinajstić information content (AvgIpc) is 2.69. The van der Waals surface area contributed by atoms with Crippen LogP contribution in [0.1, 0.15) is 63.4 Å². The maximum atomic E-state index is 12.3. The summed E-state index contributed by atoms with van der Waals surface area (Å²) in [6.07, 6.45) is 8.39. The summed E-state index contributed by atoms with van der Waals surface area (Å²) in [5.41, 5.74) is 2.53. The third-order valence-corrected chi connectivity index (χ3v) is 5.59. The van der Waals surface area contributed by atoms with Gasteiger partial charge in [-0.15, -0.1) is 0 Å². The predicted molar refractivity (Wildman–Crippen MR) is 114 cm³/mol. The van der Waals surface area contributed by atoms with E-state index in [-0.39, 0.29) is 5.91 Å². The van der Waals surface area contributed by atoms with E-state index < -0.39 is 0 Å². The highest BCUT2D eigenvalue weighted by Crippen LogP contribution is 2.20. The molecule has 0 aromatic carbocycles. The van der Waals surface area contributed by atoms with Crippen LogP contribution in [0.15, 0.2) is 17.7 Å². The van der Waals surface area contributed by atoms with Gasteiger partial charge in [-0.2, -0.15) is 0 Å². The van der Waals surface area contributed by atoms with Gasteiger partial charge in [0, 0.05) is 50.4 Å². The quantitative estimate of drug-likeness (QED) is 0.731. The van der Waals surface area contributed by atoms with E-state index in [9.17, 15) is 4.79 Å². The molecule has 0 spiro atoms.